The number of likely N-dealkylation sites (tertiary alicyclic amines) is 1. The van der Waals surface area contributed by atoms with Crippen LogP contribution in [-0.4, -0.2) is 48.2 Å². The van der Waals surface area contributed by atoms with E-state index >= 15 is 0 Å². The third kappa shape index (κ3) is 4.20. The molecule has 0 aromatic carbocycles. The molecule has 1 amide bonds. The SMILES string of the molecule is O=C(O)C1CC(=O)N(CCCCC2CCOCC2)C1. The minimum Gasteiger partial charge on any atom is -0.481 e. The van der Waals surface area contributed by atoms with Gasteiger partial charge >= 0.3 is 5.97 Å². The predicted octanol–water partition coefficient (Wildman–Crippen LogP) is 1.52. The quantitative estimate of drug-likeness (QED) is 0.742. The molecule has 2 heterocycles. The van der Waals surface area contributed by atoms with E-state index in [0.29, 0.717) is 13.1 Å². The standard InChI is InChI=1S/C14H23NO4/c16-13-9-12(14(17)18)10-15(13)6-2-1-3-11-4-7-19-8-5-11/h11-12H,1-10H2,(H,17,18). The minimum atomic E-state index is -0.849. The normalized spacial score (nSPS) is 24.9. The highest BCUT2D eigenvalue weighted by Crippen LogP contribution is 2.22. The summed E-state index contributed by atoms with van der Waals surface area (Å²) in [6.07, 6.45) is 5.79. The van der Waals surface area contributed by atoms with Crippen LogP contribution in [0.25, 0.3) is 0 Å². The van der Waals surface area contributed by atoms with Gasteiger partial charge in [0.15, 0.2) is 0 Å². The predicted molar refractivity (Wildman–Crippen MR) is 69.7 cm³/mol. The van der Waals surface area contributed by atoms with Crippen molar-refractivity contribution in [1.82, 2.24) is 4.90 Å². The van der Waals surface area contributed by atoms with Gasteiger partial charge < -0.3 is 14.7 Å². The number of hydrogen-bond donors (Lipinski definition) is 1. The number of rotatable bonds is 6. The van der Waals surface area contributed by atoms with E-state index in [9.17, 15) is 9.59 Å². The number of amides is 1. The van der Waals surface area contributed by atoms with Gasteiger partial charge in [-0.1, -0.05) is 12.8 Å². The molecule has 1 atom stereocenters. The lowest BCUT2D eigenvalue weighted by Crippen LogP contribution is -2.27. The van der Waals surface area contributed by atoms with E-state index in [1.54, 1.807) is 4.90 Å². The van der Waals surface area contributed by atoms with Crippen molar-refractivity contribution in [2.75, 3.05) is 26.3 Å². The second-order valence-corrected chi connectivity index (χ2v) is 5.63. The molecule has 2 aliphatic heterocycles. The molecule has 0 spiro atoms. The summed E-state index contributed by atoms with van der Waals surface area (Å²) in [4.78, 5) is 24.2. The fourth-order valence-corrected chi connectivity index (χ4v) is 2.92. The van der Waals surface area contributed by atoms with Crippen molar-refractivity contribution in [2.45, 2.75) is 38.5 Å². The second-order valence-electron chi connectivity index (χ2n) is 5.63. The lowest BCUT2D eigenvalue weighted by atomic mass is 9.94. The fourth-order valence-electron chi connectivity index (χ4n) is 2.92. The number of carbonyl (C=O) groups is 2. The van der Waals surface area contributed by atoms with Gasteiger partial charge in [-0.15, -0.1) is 0 Å². The molecular weight excluding hydrogens is 246 g/mol. The molecule has 2 aliphatic rings. The zero-order valence-corrected chi connectivity index (χ0v) is 11.3. The Labute approximate surface area is 113 Å². The molecule has 0 aromatic heterocycles. The van der Waals surface area contributed by atoms with Crippen molar-refractivity contribution < 1.29 is 19.4 Å². The van der Waals surface area contributed by atoms with Crippen LogP contribution in [0.5, 0.6) is 0 Å². The minimum absolute atomic E-state index is 0.00142. The topological polar surface area (TPSA) is 66.8 Å². The van der Waals surface area contributed by atoms with Gasteiger partial charge in [0.2, 0.25) is 5.91 Å². The highest BCUT2D eigenvalue weighted by Gasteiger charge is 2.33. The Balaban J connectivity index is 1.60. The number of aliphatic carboxylic acids is 1. The van der Waals surface area contributed by atoms with Gasteiger partial charge in [0, 0.05) is 32.7 Å². The molecule has 1 N–H and O–H groups in total. The Morgan fingerprint density at radius 3 is 2.68 bits per heavy atom. The Kier molecular flexibility index (Phi) is 5.19. The maximum Gasteiger partial charge on any atom is 0.308 e. The molecule has 2 fully saturated rings. The molecule has 2 saturated heterocycles. The number of hydrogen-bond acceptors (Lipinski definition) is 3. The summed E-state index contributed by atoms with van der Waals surface area (Å²) in [7, 11) is 0. The molecule has 0 bridgehead atoms. The Bertz CT molecular complexity index is 325. The molecule has 2 rings (SSSR count). The number of carboxylic acids is 1. The number of unbranched alkanes of at least 4 members (excludes halogenated alkanes) is 1. The zero-order chi connectivity index (χ0) is 13.7. The molecule has 0 aromatic rings. The van der Waals surface area contributed by atoms with Crippen LogP contribution in [0.3, 0.4) is 0 Å². The van der Waals surface area contributed by atoms with Crippen LogP contribution >= 0.6 is 0 Å². The van der Waals surface area contributed by atoms with Crippen molar-refractivity contribution in [3.05, 3.63) is 0 Å². The number of nitrogens with zero attached hydrogens (tertiary/aromatic N) is 1. The highest BCUT2D eigenvalue weighted by atomic mass is 16.5. The maximum absolute atomic E-state index is 11.6. The molecule has 5 heteroatoms. The maximum atomic E-state index is 11.6. The lowest BCUT2D eigenvalue weighted by Gasteiger charge is -2.22. The average Bonchev–Trinajstić information content (AvgIpc) is 2.78. The third-order valence-electron chi connectivity index (χ3n) is 4.20. The number of ether oxygens (including phenoxy) is 1. The van der Waals surface area contributed by atoms with Gasteiger partial charge in [-0.25, -0.2) is 0 Å². The van der Waals surface area contributed by atoms with Crippen LogP contribution in [0, 0.1) is 11.8 Å². The van der Waals surface area contributed by atoms with Crippen molar-refractivity contribution in [3.8, 4) is 0 Å². The van der Waals surface area contributed by atoms with E-state index in [0.717, 1.165) is 44.8 Å². The van der Waals surface area contributed by atoms with Crippen molar-refractivity contribution in [2.24, 2.45) is 11.8 Å². The van der Waals surface area contributed by atoms with Crippen LogP contribution in [0.1, 0.15) is 38.5 Å². The Morgan fingerprint density at radius 2 is 2.05 bits per heavy atom. The first kappa shape index (κ1) is 14.3. The Morgan fingerprint density at radius 1 is 1.32 bits per heavy atom. The summed E-state index contributed by atoms with van der Waals surface area (Å²) in [6.45, 7) is 2.88. The van der Waals surface area contributed by atoms with Gasteiger partial charge in [-0.05, 0) is 25.2 Å². The fraction of sp³-hybridized carbons (Fsp3) is 0.857. The molecule has 0 radical (unpaired) electrons. The van der Waals surface area contributed by atoms with Crippen LogP contribution in [0.15, 0.2) is 0 Å². The number of carboxylic acid groups (broad SMARTS) is 1. The zero-order valence-electron chi connectivity index (χ0n) is 11.3. The van der Waals surface area contributed by atoms with Gasteiger partial charge in [0.05, 0.1) is 5.92 Å². The van der Waals surface area contributed by atoms with Gasteiger partial charge in [0.1, 0.15) is 0 Å². The summed E-state index contributed by atoms with van der Waals surface area (Å²) in [5.41, 5.74) is 0. The van der Waals surface area contributed by atoms with Crippen LogP contribution < -0.4 is 0 Å². The molecule has 0 saturated carbocycles. The summed E-state index contributed by atoms with van der Waals surface area (Å²) >= 11 is 0. The van der Waals surface area contributed by atoms with Gasteiger partial charge in [-0.2, -0.15) is 0 Å². The monoisotopic (exact) mass is 269 g/mol. The second kappa shape index (κ2) is 6.89. The summed E-state index contributed by atoms with van der Waals surface area (Å²) < 4.78 is 5.33. The van der Waals surface area contributed by atoms with Crippen molar-refractivity contribution in [1.29, 1.82) is 0 Å². The Hall–Kier alpha value is -1.10. The summed E-state index contributed by atoms with van der Waals surface area (Å²) in [5.74, 6) is -0.575. The molecule has 1 unspecified atom stereocenters. The molecule has 19 heavy (non-hydrogen) atoms. The smallest absolute Gasteiger partial charge is 0.308 e. The molecule has 0 aliphatic carbocycles. The first-order valence-electron chi connectivity index (χ1n) is 7.25. The van der Waals surface area contributed by atoms with Crippen LogP contribution in [0.4, 0.5) is 0 Å². The third-order valence-corrected chi connectivity index (χ3v) is 4.20. The first-order valence-corrected chi connectivity index (χ1v) is 7.25. The van der Waals surface area contributed by atoms with E-state index in [1.807, 2.05) is 0 Å². The van der Waals surface area contributed by atoms with E-state index in [4.69, 9.17) is 9.84 Å². The van der Waals surface area contributed by atoms with Crippen molar-refractivity contribution in [3.63, 3.8) is 0 Å². The van der Waals surface area contributed by atoms with E-state index in [2.05, 4.69) is 0 Å². The average molecular weight is 269 g/mol. The van der Waals surface area contributed by atoms with E-state index in [1.165, 1.54) is 6.42 Å². The largest absolute Gasteiger partial charge is 0.481 e. The van der Waals surface area contributed by atoms with Crippen molar-refractivity contribution >= 4 is 11.9 Å². The van der Waals surface area contributed by atoms with E-state index < -0.39 is 11.9 Å². The van der Waals surface area contributed by atoms with E-state index in [-0.39, 0.29) is 12.3 Å². The summed E-state index contributed by atoms with van der Waals surface area (Å²) in [5, 5.41) is 8.90. The lowest BCUT2D eigenvalue weighted by molar-refractivity contribution is -0.141. The highest BCUT2D eigenvalue weighted by molar-refractivity contribution is 5.86. The molecule has 5 nitrogen and oxygen atoms in total. The summed E-state index contributed by atoms with van der Waals surface area (Å²) in [6, 6.07) is 0. The number of carbonyl (C=O) groups excluding carboxylic acids is 1. The molecular formula is C14H23NO4. The molecule has 108 valence electrons. The van der Waals surface area contributed by atoms with Crippen LogP contribution in [-0.2, 0) is 14.3 Å². The first-order chi connectivity index (χ1) is 9.16. The van der Waals surface area contributed by atoms with Gasteiger partial charge in [-0.3, -0.25) is 9.59 Å². The van der Waals surface area contributed by atoms with Crippen LogP contribution in [0.2, 0.25) is 0 Å². The van der Waals surface area contributed by atoms with Gasteiger partial charge in [0.25, 0.3) is 0 Å².